The maximum atomic E-state index is 11.5. The molecule has 0 fully saturated rings. The summed E-state index contributed by atoms with van der Waals surface area (Å²) in [5.41, 5.74) is 0. The van der Waals surface area contributed by atoms with Crippen molar-refractivity contribution in [1.82, 2.24) is 9.71 Å². The molecule has 1 heterocycles. The summed E-state index contributed by atoms with van der Waals surface area (Å²) in [5.74, 6) is 1.34. The van der Waals surface area contributed by atoms with E-state index in [4.69, 9.17) is 0 Å². The van der Waals surface area contributed by atoms with Gasteiger partial charge in [-0.1, -0.05) is 12.2 Å². The van der Waals surface area contributed by atoms with Crippen LogP contribution < -0.4 is 10.0 Å². The van der Waals surface area contributed by atoms with Gasteiger partial charge >= 0.3 is 0 Å². The Morgan fingerprint density at radius 2 is 2.21 bits per heavy atom. The van der Waals surface area contributed by atoms with Crippen LogP contribution in [-0.4, -0.2) is 27.0 Å². The Labute approximate surface area is 114 Å². The van der Waals surface area contributed by atoms with E-state index in [9.17, 15) is 8.42 Å². The number of nitrogens with one attached hydrogen (secondary N) is 2. The highest BCUT2D eigenvalue weighted by atomic mass is 32.2. The standard InChI is InChI=1S/C13H19N3O2S/c1-14-19(17,18)12-7-8-13(16-10-12)15-9-11-5-3-2-4-6-11/h2-3,7-8,10-11,14H,4-6,9H2,1H3,(H,15,16). The molecular weight excluding hydrogens is 262 g/mol. The largest absolute Gasteiger partial charge is 0.370 e. The number of nitrogens with zero attached hydrogens (tertiary/aromatic N) is 1. The molecule has 1 aromatic rings. The normalized spacial score (nSPS) is 19.3. The van der Waals surface area contributed by atoms with Gasteiger partial charge in [0.1, 0.15) is 10.7 Å². The predicted molar refractivity (Wildman–Crippen MR) is 75.5 cm³/mol. The van der Waals surface area contributed by atoms with Gasteiger partial charge in [-0.3, -0.25) is 0 Å². The molecule has 0 aromatic carbocycles. The van der Waals surface area contributed by atoms with Gasteiger partial charge in [0.05, 0.1) is 0 Å². The zero-order valence-corrected chi connectivity index (χ0v) is 11.8. The second-order valence-electron chi connectivity index (χ2n) is 4.62. The Kier molecular flexibility index (Phi) is 4.55. The zero-order chi connectivity index (χ0) is 13.7. The van der Waals surface area contributed by atoms with Crippen molar-refractivity contribution >= 4 is 15.8 Å². The van der Waals surface area contributed by atoms with Crippen molar-refractivity contribution in [3.8, 4) is 0 Å². The molecular formula is C13H19N3O2S. The molecule has 6 heteroatoms. The predicted octanol–water partition coefficient (Wildman–Crippen LogP) is 1.76. The Balaban J connectivity index is 1.93. The summed E-state index contributed by atoms with van der Waals surface area (Å²) < 4.78 is 25.3. The van der Waals surface area contributed by atoms with E-state index in [1.165, 1.54) is 19.7 Å². The number of anilines is 1. The van der Waals surface area contributed by atoms with E-state index in [0.717, 1.165) is 19.4 Å². The van der Waals surface area contributed by atoms with E-state index in [-0.39, 0.29) is 4.90 Å². The second-order valence-corrected chi connectivity index (χ2v) is 6.50. The van der Waals surface area contributed by atoms with E-state index in [0.29, 0.717) is 11.7 Å². The third-order valence-corrected chi connectivity index (χ3v) is 4.66. The fourth-order valence-electron chi connectivity index (χ4n) is 2.05. The molecule has 0 amide bonds. The van der Waals surface area contributed by atoms with Crippen LogP contribution in [0.25, 0.3) is 0 Å². The molecule has 2 N–H and O–H groups in total. The van der Waals surface area contributed by atoms with Crippen LogP contribution in [0.4, 0.5) is 5.82 Å². The molecule has 0 bridgehead atoms. The monoisotopic (exact) mass is 281 g/mol. The highest BCUT2D eigenvalue weighted by Gasteiger charge is 2.12. The summed E-state index contributed by atoms with van der Waals surface area (Å²) in [6.45, 7) is 0.871. The van der Waals surface area contributed by atoms with Crippen LogP contribution >= 0.6 is 0 Å². The van der Waals surface area contributed by atoms with E-state index < -0.39 is 10.0 Å². The topological polar surface area (TPSA) is 71.1 Å². The third-order valence-electron chi connectivity index (χ3n) is 3.26. The van der Waals surface area contributed by atoms with Crippen molar-refractivity contribution in [2.45, 2.75) is 24.2 Å². The van der Waals surface area contributed by atoms with Gasteiger partial charge in [0.15, 0.2) is 0 Å². The highest BCUT2D eigenvalue weighted by molar-refractivity contribution is 7.89. The lowest BCUT2D eigenvalue weighted by molar-refractivity contribution is 0.503. The molecule has 1 atom stereocenters. The Morgan fingerprint density at radius 1 is 1.37 bits per heavy atom. The minimum absolute atomic E-state index is 0.182. The molecule has 1 aromatic heterocycles. The van der Waals surface area contributed by atoms with Crippen molar-refractivity contribution in [1.29, 1.82) is 0 Å². The molecule has 0 spiro atoms. The molecule has 1 unspecified atom stereocenters. The Hall–Kier alpha value is -1.40. The Morgan fingerprint density at radius 3 is 2.79 bits per heavy atom. The molecule has 2 rings (SSSR count). The maximum Gasteiger partial charge on any atom is 0.241 e. The van der Waals surface area contributed by atoms with Crippen molar-refractivity contribution in [2.75, 3.05) is 18.9 Å². The molecule has 0 saturated heterocycles. The number of rotatable bonds is 5. The van der Waals surface area contributed by atoms with Gasteiger partial charge in [0.2, 0.25) is 10.0 Å². The first-order valence-corrected chi connectivity index (χ1v) is 7.88. The van der Waals surface area contributed by atoms with Crippen LogP contribution in [0, 0.1) is 5.92 Å². The van der Waals surface area contributed by atoms with Crippen molar-refractivity contribution < 1.29 is 8.42 Å². The van der Waals surface area contributed by atoms with Crippen LogP contribution in [0.3, 0.4) is 0 Å². The number of sulfonamides is 1. The van der Waals surface area contributed by atoms with Crippen LogP contribution in [0.2, 0.25) is 0 Å². The maximum absolute atomic E-state index is 11.5. The molecule has 1 aliphatic rings. The lowest BCUT2D eigenvalue weighted by atomic mass is 9.94. The fraction of sp³-hybridized carbons (Fsp3) is 0.462. The zero-order valence-electron chi connectivity index (χ0n) is 11.0. The lowest BCUT2D eigenvalue weighted by Gasteiger charge is -2.18. The summed E-state index contributed by atoms with van der Waals surface area (Å²) in [5, 5.41) is 3.25. The molecule has 19 heavy (non-hydrogen) atoms. The van der Waals surface area contributed by atoms with Crippen LogP contribution in [0.5, 0.6) is 0 Å². The van der Waals surface area contributed by atoms with Gasteiger partial charge in [-0.05, 0) is 44.4 Å². The highest BCUT2D eigenvalue weighted by Crippen LogP contribution is 2.18. The van der Waals surface area contributed by atoms with Crippen molar-refractivity contribution in [2.24, 2.45) is 5.92 Å². The van der Waals surface area contributed by atoms with Gasteiger partial charge in [-0.25, -0.2) is 18.1 Å². The molecule has 0 radical (unpaired) electrons. The van der Waals surface area contributed by atoms with Gasteiger partial charge in [0, 0.05) is 12.7 Å². The lowest BCUT2D eigenvalue weighted by Crippen LogP contribution is -2.19. The van der Waals surface area contributed by atoms with Gasteiger partial charge in [-0.15, -0.1) is 0 Å². The minimum Gasteiger partial charge on any atom is -0.370 e. The van der Waals surface area contributed by atoms with E-state index in [1.54, 1.807) is 12.1 Å². The average molecular weight is 281 g/mol. The molecule has 0 saturated carbocycles. The summed E-state index contributed by atoms with van der Waals surface area (Å²) in [6, 6.07) is 3.25. The number of pyridine rings is 1. The molecule has 1 aliphatic carbocycles. The molecule has 104 valence electrons. The van der Waals surface area contributed by atoms with Crippen LogP contribution in [-0.2, 0) is 10.0 Å². The van der Waals surface area contributed by atoms with Gasteiger partial charge in [-0.2, -0.15) is 0 Å². The first-order chi connectivity index (χ1) is 9.12. The van der Waals surface area contributed by atoms with E-state index >= 15 is 0 Å². The second kappa shape index (κ2) is 6.16. The minimum atomic E-state index is -3.40. The summed E-state index contributed by atoms with van der Waals surface area (Å²) in [7, 11) is -2.01. The molecule has 0 aliphatic heterocycles. The summed E-state index contributed by atoms with van der Waals surface area (Å²) in [6.07, 6.45) is 9.22. The number of hydrogen-bond acceptors (Lipinski definition) is 4. The van der Waals surface area contributed by atoms with Crippen LogP contribution in [0.15, 0.2) is 35.4 Å². The third kappa shape index (κ3) is 3.78. The smallest absolute Gasteiger partial charge is 0.241 e. The summed E-state index contributed by atoms with van der Waals surface area (Å²) >= 11 is 0. The average Bonchev–Trinajstić information content (AvgIpc) is 2.47. The summed E-state index contributed by atoms with van der Waals surface area (Å²) in [4.78, 5) is 4.31. The van der Waals surface area contributed by atoms with Crippen molar-refractivity contribution in [3.05, 3.63) is 30.5 Å². The first-order valence-electron chi connectivity index (χ1n) is 6.40. The SMILES string of the molecule is CNS(=O)(=O)c1ccc(NCC2CC=CCC2)nc1. The van der Waals surface area contributed by atoms with Crippen LogP contribution in [0.1, 0.15) is 19.3 Å². The van der Waals surface area contributed by atoms with E-state index in [1.807, 2.05) is 0 Å². The first kappa shape index (κ1) is 14.0. The van der Waals surface area contributed by atoms with Gasteiger partial charge in [0.25, 0.3) is 0 Å². The number of allylic oxidation sites excluding steroid dienone is 2. The van der Waals surface area contributed by atoms with Crippen molar-refractivity contribution in [3.63, 3.8) is 0 Å². The number of hydrogen-bond donors (Lipinski definition) is 2. The van der Waals surface area contributed by atoms with Gasteiger partial charge < -0.3 is 5.32 Å². The Bertz CT molecular complexity index is 538. The number of aromatic nitrogens is 1. The fourth-order valence-corrected chi connectivity index (χ4v) is 2.73. The molecule has 5 nitrogen and oxygen atoms in total. The quantitative estimate of drug-likeness (QED) is 0.807. The van der Waals surface area contributed by atoms with E-state index in [2.05, 4.69) is 27.2 Å².